The summed E-state index contributed by atoms with van der Waals surface area (Å²) in [6, 6.07) is 0. The zero-order valence-electron chi connectivity index (χ0n) is 46.5. The first kappa shape index (κ1) is 67.1. The molecular weight excluding hydrogens is 865 g/mol. The van der Waals surface area contributed by atoms with Crippen molar-refractivity contribution in [1.82, 2.24) is 0 Å². The quantitative estimate of drug-likeness (QED) is 0.0261. The number of hydrogen-bond donors (Lipinski definition) is 0. The molecule has 0 aliphatic carbocycles. The van der Waals surface area contributed by atoms with E-state index in [1.807, 2.05) is 6.08 Å². The number of ether oxygens (including phenoxy) is 3. The molecule has 0 amide bonds. The second-order valence-electron chi connectivity index (χ2n) is 20.3. The minimum atomic E-state index is -0.811. The number of carbonyl (C=O) groups excluding carboxylic acids is 3. The maximum atomic E-state index is 12.9. The van der Waals surface area contributed by atoms with E-state index in [-0.39, 0.29) is 31.6 Å². The van der Waals surface area contributed by atoms with Crippen LogP contribution in [0.4, 0.5) is 0 Å². The van der Waals surface area contributed by atoms with Gasteiger partial charge in [0, 0.05) is 12.8 Å². The maximum absolute atomic E-state index is 12.9. The lowest BCUT2D eigenvalue weighted by atomic mass is 10.0. The summed E-state index contributed by atoms with van der Waals surface area (Å²) in [7, 11) is 0. The van der Waals surface area contributed by atoms with Gasteiger partial charge in [0.1, 0.15) is 13.2 Å². The zero-order valence-corrected chi connectivity index (χ0v) is 46.5. The summed E-state index contributed by atoms with van der Waals surface area (Å²) in [5.74, 6) is -1.02. The third-order valence-electron chi connectivity index (χ3n) is 13.3. The summed E-state index contributed by atoms with van der Waals surface area (Å²) in [6.45, 7) is 6.49. The molecule has 1 atom stereocenters. The fourth-order valence-corrected chi connectivity index (χ4v) is 8.81. The Labute approximate surface area is 434 Å². The van der Waals surface area contributed by atoms with Gasteiger partial charge in [0.25, 0.3) is 0 Å². The van der Waals surface area contributed by atoms with Crippen molar-refractivity contribution in [2.24, 2.45) is 0 Å². The number of allylic oxidation sites excluding steroid dienone is 9. The highest BCUT2D eigenvalue weighted by molar-refractivity contribution is 5.72. The van der Waals surface area contributed by atoms with E-state index in [9.17, 15) is 14.4 Å². The molecule has 0 saturated carbocycles. The average molecular weight is 980 g/mol. The van der Waals surface area contributed by atoms with Crippen LogP contribution in [-0.2, 0) is 28.6 Å². The van der Waals surface area contributed by atoms with Gasteiger partial charge < -0.3 is 14.2 Å². The highest BCUT2D eigenvalue weighted by Gasteiger charge is 2.19. The van der Waals surface area contributed by atoms with Gasteiger partial charge in [-0.3, -0.25) is 14.4 Å². The van der Waals surface area contributed by atoms with E-state index in [2.05, 4.69) is 69.4 Å². The molecule has 6 nitrogen and oxygen atoms in total. The van der Waals surface area contributed by atoms with Crippen LogP contribution in [0.25, 0.3) is 0 Å². The molecule has 0 aromatic heterocycles. The number of rotatable bonds is 55. The Morgan fingerprint density at radius 3 is 0.871 bits per heavy atom. The van der Waals surface area contributed by atoms with E-state index >= 15 is 0 Å². The molecule has 0 aliphatic heterocycles. The van der Waals surface area contributed by atoms with E-state index in [1.54, 1.807) is 6.08 Å². The van der Waals surface area contributed by atoms with Crippen LogP contribution in [0.2, 0.25) is 0 Å². The highest BCUT2D eigenvalue weighted by Crippen LogP contribution is 2.17. The highest BCUT2D eigenvalue weighted by atomic mass is 16.6. The van der Waals surface area contributed by atoms with Gasteiger partial charge in [-0.15, -0.1) is 0 Å². The molecule has 0 aromatic carbocycles. The van der Waals surface area contributed by atoms with Crippen molar-refractivity contribution in [3.63, 3.8) is 0 Å². The lowest BCUT2D eigenvalue weighted by molar-refractivity contribution is -0.166. The molecule has 0 rings (SSSR count). The second kappa shape index (κ2) is 58.7. The van der Waals surface area contributed by atoms with Crippen molar-refractivity contribution >= 4 is 17.9 Å². The maximum Gasteiger partial charge on any atom is 0.309 e. The van der Waals surface area contributed by atoms with Crippen LogP contribution in [0.15, 0.2) is 60.8 Å². The molecule has 70 heavy (non-hydrogen) atoms. The third kappa shape index (κ3) is 56.0. The van der Waals surface area contributed by atoms with Crippen LogP contribution in [0.1, 0.15) is 310 Å². The fourth-order valence-electron chi connectivity index (χ4n) is 8.81. The van der Waals surface area contributed by atoms with Crippen LogP contribution in [0.5, 0.6) is 0 Å². The summed E-state index contributed by atoms with van der Waals surface area (Å²) in [6.07, 6.45) is 73.9. The molecule has 406 valence electrons. The minimum absolute atomic E-state index is 0.0994. The molecule has 0 aromatic rings. The van der Waals surface area contributed by atoms with Crippen LogP contribution < -0.4 is 0 Å². The van der Waals surface area contributed by atoms with Gasteiger partial charge >= 0.3 is 17.9 Å². The summed E-state index contributed by atoms with van der Waals surface area (Å²) in [4.78, 5) is 38.1. The van der Waals surface area contributed by atoms with Gasteiger partial charge in [-0.25, -0.2) is 0 Å². The summed E-state index contributed by atoms with van der Waals surface area (Å²) in [5.41, 5.74) is 0. The number of unbranched alkanes of at least 4 members (excludes halogenated alkanes) is 35. The molecule has 0 fully saturated rings. The molecule has 6 heteroatoms. The largest absolute Gasteiger partial charge is 0.462 e. The molecular formula is C64H114O6. The van der Waals surface area contributed by atoms with Gasteiger partial charge in [-0.1, -0.05) is 306 Å². The Kier molecular flexibility index (Phi) is 56.3. The number of carbonyl (C=O) groups is 3. The fraction of sp³-hybridized carbons (Fsp3) is 0.797. The normalized spacial score (nSPS) is 12.4. The Morgan fingerprint density at radius 2 is 0.557 bits per heavy atom. The molecule has 0 heterocycles. The van der Waals surface area contributed by atoms with Gasteiger partial charge in [0.15, 0.2) is 6.10 Å². The van der Waals surface area contributed by atoms with E-state index in [0.717, 1.165) is 70.6 Å². The van der Waals surface area contributed by atoms with E-state index in [1.165, 1.54) is 199 Å². The lowest BCUT2D eigenvalue weighted by Crippen LogP contribution is -2.30. The Bertz CT molecular complexity index is 1260. The molecule has 0 saturated heterocycles. The standard InChI is InChI=1S/C64H114O6/c1-4-7-10-13-16-19-22-25-28-30-31-32-34-36-39-42-45-48-51-54-57-63(66)69-60-61(59-68-62(65)56-53-50-47-44-41-38-35-27-24-21-18-15-12-9-6-3)70-64(67)58-55-52-49-46-43-40-37-33-29-26-23-20-17-14-11-8-5-2/h9,12,18,21,27,35,41,44,50,53,61H,4-8,10-11,13-17,19-20,22-26,28-34,36-40,42-43,45-49,51-52,54-60H2,1-3H3/b12-9-,21-18-,35-27-,44-41-,53-50-. The van der Waals surface area contributed by atoms with Gasteiger partial charge in [0.05, 0.1) is 6.42 Å². The lowest BCUT2D eigenvalue weighted by Gasteiger charge is -2.18. The first-order valence-corrected chi connectivity index (χ1v) is 30.3. The molecule has 0 aliphatic rings. The summed E-state index contributed by atoms with van der Waals surface area (Å²) < 4.78 is 16.8. The van der Waals surface area contributed by atoms with Crippen molar-refractivity contribution in [3.05, 3.63) is 60.8 Å². The summed E-state index contributed by atoms with van der Waals surface area (Å²) in [5, 5.41) is 0. The Balaban J connectivity index is 4.40. The van der Waals surface area contributed by atoms with Crippen LogP contribution in [0.3, 0.4) is 0 Å². The molecule has 0 N–H and O–H groups in total. The number of esters is 3. The first-order chi connectivity index (χ1) is 34.5. The van der Waals surface area contributed by atoms with Gasteiger partial charge in [-0.05, 0) is 44.9 Å². The van der Waals surface area contributed by atoms with E-state index in [0.29, 0.717) is 12.8 Å². The molecule has 0 bridgehead atoms. The van der Waals surface area contributed by atoms with Crippen molar-refractivity contribution in [2.45, 2.75) is 316 Å². The molecule has 0 spiro atoms. The van der Waals surface area contributed by atoms with E-state index < -0.39 is 12.1 Å². The monoisotopic (exact) mass is 979 g/mol. The predicted molar refractivity (Wildman–Crippen MR) is 302 cm³/mol. The third-order valence-corrected chi connectivity index (χ3v) is 13.3. The summed E-state index contributed by atoms with van der Waals surface area (Å²) >= 11 is 0. The predicted octanol–water partition coefficient (Wildman–Crippen LogP) is 20.4. The Morgan fingerprint density at radius 1 is 0.300 bits per heavy atom. The minimum Gasteiger partial charge on any atom is -0.462 e. The topological polar surface area (TPSA) is 78.9 Å². The first-order valence-electron chi connectivity index (χ1n) is 30.3. The number of hydrogen-bond acceptors (Lipinski definition) is 6. The van der Waals surface area contributed by atoms with Gasteiger partial charge in [-0.2, -0.15) is 0 Å². The van der Waals surface area contributed by atoms with Crippen molar-refractivity contribution in [2.75, 3.05) is 13.2 Å². The Hall–Kier alpha value is -2.89. The second-order valence-corrected chi connectivity index (χ2v) is 20.3. The SMILES string of the molecule is CC/C=C\C/C=C\C/C=C\C/C=C\C/C=C\CC(=O)OCC(COC(=O)CCCCCCCCCCCCCCCCCCCCCC)OC(=O)CCCCCCCCCCCCCCCCCCC. The average Bonchev–Trinajstić information content (AvgIpc) is 3.36. The molecule has 1 unspecified atom stereocenters. The zero-order chi connectivity index (χ0) is 50.7. The van der Waals surface area contributed by atoms with Crippen molar-refractivity contribution in [3.8, 4) is 0 Å². The molecule has 0 radical (unpaired) electrons. The smallest absolute Gasteiger partial charge is 0.309 e. The van der Waals surface area contributed by atoms with Crippen molar-refractivity contribution < 1.29 is 28.6 Å². The van der Waals surface area contributed by atoms with E-state index in [4.69, 9.17) is 14.2 Å². The van der Waals surface area contributed by atoms with Gasteiger partial charge in [0.2, 0.25) is 0 Å². The van der Waals surface area contributed by atoms with Crippen LogP contribution in [0, 0.1) is 0 Å². The van der Waals surface area contributed by atoms with Crippen LogP contribution >= 0.6 is 0 Å². The van der Waals surface area contributed by atoms with Crippen LogP contribution in [-0.4, -0.2) is 37.2 Å². The van der Waals surface area contributed by atoms with Crippen molar-refractivity contribution in [1.29, 1.82) is 0 Å².